The monoisotopic (exact) mass is 392 g/mol. The van der Waals surface area contributed by atoms with E-state index in [1.54, 1.807) is 10.8 Å². The molecule has 1 amide bonds. The van der Waals surface area contributed by atoms with E-state index in [2.05, 4.69) is 18.8 Å². The van der Waals surface area contributed by atoms with Gasteiger partial charge in [-0.1, -0.05) is 44.2 Å². The van der Waals surface area contributed by atoms with Gasteiger partial charge in [-0.05, 0) is 36.5 Å². The maximum atomic E-state index is 13.4. The summed E-state index contributed by atoms with van der Waals surface area (Å²) in [6.45, 7) is 5.98. The largest absolute Gasteiger partial charge is 0.341 e. The smallest absolute Gasteiger partial charge is 0.330 e. The van der Waals surface area contributed by atoms with Crippen LogP contribution in [0.25, 0.3) is 11.2 Å². The van der Waals surface area contributed by atoms with Crippen LogP contribution < -0.4 is 5.69 Å². The van der Waals surface area contributed by atoms with Crippen LogP contribution in [0.5, 0.6) is 0 Å². The molecule has 1 aliphatic rings. The number of piperidine rings is 1. The summed E-state index contributed by atoms with van der Waals surface area (Å²) < 4.78 is 3.61. The summed E-state index contributed by atoms with van der Waals surface area (Å²) in [6.07, 6.45) is 4.07. The van der Waals surface area contributed by atoms with Gasteiger partial charge in [-0.15, -0.1) is 0 Å². The van der Waals surface area contributed by atoms with Crippen LogP contribution in [0, 0.1) is 5.92 Å². The molecule has 1 aromatic carbocycles. The van der Waals surface area contributed by atoms with Crippen molar-refractivity contribution < 1.29 is 4.79 Å². The number of carbonyl (C=O) groups excluding carboxylic acids is 1. The third-order valence-corrected chi connectivity index (χ3v) is 5.60. The zero-order chi connectivity index (χ0) is 20.4. The number of pyridine rings is 1. The summed E-state index contributed by atoms with van der Waals surface area (Å²) in [5, 5.41) is 0. The Bertz CT molecular complexity index is 1050. The van der Waals surface area contributed by atoms with Crippen LogP contribution in [0.4, 0.5) is 0 Å². The van der Waals surface area contributed by atoms with Gasteiger partial charge >= 0.3 is 5.69 Å². The van der Waals surface area contributed by atoms with Crippen molar-refractivity contribution >= 4 is 17.1 Å². The van der Waals surface area contributed by atoms with Gasteiger partial charge in [0, 0.05) is 25.7 Å². The molecule has 3 aromatic rings. The Morgan fingerprint density at radius 2 is 1.97 bits per heavy atom. The molecule has 0 bridgehead atoms. The number of hydrogen-bond donors (Lipinski definition) is 0. The fourth-order valence-electron chi connectivity index (χ4n) is 4.23. The Hall–Kier alpha value is -2.89. The van der Waals surface area contributed by atoms with E-state index in [1.807, 2.05) is 51.9 Å². The molecule has 1 atom stereocenters. The van der Waals surface area contributed by atoms with Crippen molar-refractivity contribution in [3.8, 4) is 0 Å². The van der Waals surface area contributed by atoms with Crippen LogP contribution in [0.3, 0.4) is 0 Å². The molecule has 0 aliphatic carbocycles. The van der Waals surface area contributed by atoms with Crippen molar-refractivity contribution in [3.63, 3.8) is 0 Å². The fraction of sp³-hybridized carbons (Fsp3) is 0.435. The number of fused-ring (bicyclic) bond motifs is 1. The summed E-state index contributed by atoms with van der Waals surface area (Å²) in [7, 11) is 0. The number of rotatable bonds is 5. The Labute approximate surface area is 170 Å². The van der Waals surface area contributed by atoms with Crippen LogP contribution in [0.1, 0.15) is 44.7 Å². The predicted molar refractivity (Wildman–Crippen MR) is 114 cm³/mol. The number of benzene rings is 1. The maximum absolute atomic E-state index is 13.4. The molecular formula is C23H28N4O2. The number of nitrogens with zero attached hydrogens (tertiary/aromatic N) is 4. The summed E-state index contributed by atoms with van der Waals surface area (Å²) in [4.78, 5) is 32.5. The second kappa shape index (κ2) is 8.23. The number of amides is 1. The van der Waals surface area contributed by atoms with Gasteiger partial charge in [0.1, 0.15) is 0 Å². The van der Waals surface area contributed by atoms with E-state index in [0.717, 1.165) is 30.5 Å². The van der Waals surface area contributed by atoms with Crippen molar-refractivity contribution in [1.82, 2.24) is 19.0 Å². The number of hydrogen-bond acceptors (Lipinski definition) is 3. The topological polar surface area (TPSA) is 60.1 Å². The Kier molecular flexibility index (Phi) is 5.51. The van der Waals surface area contributed by atoms with Gasteiger partial charge < -0.3 is 4.90 Å². The highest BCUT2D eigenvalue weighted by atomic mass is 16.2. The molecule has 6 nitrogen and oxygen atoms in total. The SMILES string of the molecule is CC(C)CC(=O)N1CCC[C@H](n2c(=O)n(Cc3ccccc3)c3cccnc32)C1. The van der Waals surface area contributed by atoms with Gasteiger partial charge in [-0.3, -0.25) is 13.9 Å². The molecule has 6 heteroatoms. The molecule has 0 saturated carbocycles. The molecule has 0 N–H and O–H groups in total. The average molecular weight is 393 g/mol. The van der Waals surface area contributed by atoms with Gasteiger partial charge in [0.05, 0.1) is 18.1 Å². The first-order valence-electron chi connectivity index (χ1n) is 10.4. The lowest BCUT2D eigenvalue weighted by molar-refractivity contribution is -0.133. The van der Waals surface area contributed by atoms with E-state index in [4.69, 9.17) is 0 Å². The van der Waals surface area contributed by atoms with Crippen LogP contribution in [0.15, 0.2) is 53.5 Å². The van der Waals surface area contributed by atoms with Crippen LogP contribution in [0.2, 0.25) is 0 Å². The van der Waals surface area contributed by atoms with Crippen LogP contribution >= 0.6 is 0 Å². The fourth-order valence-corrected chi connectivity index (χ4v) is 4.23. The van der Waals surface area contributed by atoms with Gasteiger partial charge in [0.25, 0.3) is 0 Å². The zero-order valence-electron chi connectivity index (χ0n) is 17.1. The molecule has 0 unspecified atom stereocenters. The first-order chi connectivity index (χ1) is 14.0. The van der Waals surface area contributed by atoms with E-state index in [0.29, 0.717) is 31.1 Å². The molecular weight excluding hydrogens is 364 g/mol. The van der Waals surface area contributed by atoms with Crippen LogP contribution in [-0.4, -0.2) is 38.0 Å². The first kappa shape index (κ1) is 19.4. The summed E-state index contributed by atoms with van der Waals surface area (Å²) >= 11 is 0. The number of imidazole rings is 1. The van der Waals surface area contributed by atoms with E-state index in [1.165, 1.54) is 0 Å². The summed E-state index contributed by atoms with van der Waals surface area (Å²) in [6, 6.07) is 13.8. The predicted octanol–water partition coefficient (Wildman–Crippen LogP) is 3.46. The van der Waals surface area contributed by atoms with Crippen molar-refractivity contribution in [2.45, 2.75) is 45.7 Å². The Balaban J connectivity index is 1.70. The lowest BCUT2D eigenvalue weighted by Gasteiger charge is -2.33. The molecule has 2 aromatic heterocycles. The minimum Gasteiger partial charge on any atom is -0.341 e. The van der Waals surface area contributed by atoms with Gasteiger partial charge in [-0.25, -0.2) is 9.78 Å². The highest BCUT2D eigenvalue weighted by Crippen LogP contribution is 2.25. The first-order valence-corrected chi connectivity index (χ1v) is 10.4. The number of likely N-dealkylation sites (tertiary alicyclic amines) is 1. The lowest BCUT2D eigenvalue weighted by Crippen LogP contribution is -2.43. The summed E-state index contributed by atoms with van der Waals surface area (Å²) in [5.74, 6) is 0.513. The number of aromatic nitrogens is 3. The molecule has 0 radical (unpaired) electrons. The van der Waals surface area contributed by atoms with E-state index < -0.39 is 0 Å². The van der Waals surface area contributed by atoms with Crippen molar-refractivity contribution in [2.75, 3.05) is 13.1 Å². The molecule has 0 spiro atoms. The van der Waals surface area contributed by atoms with Gasteiger partial charge in [0.15, 0.2) is 5.65 Å². The van der Waals surface area contributed by atoms with Crippen molar-refractivity contribution in [2.24, 2.45) is 5.92 Å². The van der Waals surface area contributed by atoms with Crippen LogP contribution in [-0.2, 0) is 11.3 Å². The molecule has 3 heterocycles. The van der Waals surface area contributed by atoms with Crippen molar-refractivity contribution in [1.29, 1.82) is 0 Å². The molecule has 1 fully saturated rings. The third-order valence-electron chi connectivity index (χ3n) is 5.60. The quantitative estimate of drug-likeness (QED) is 0.668. The second-order valence-corrected chi connectivity index (χ2v) is 8.30. The molecule has 29 heavy (non-hydrogen) atoms. The second-order valence-electron chi connectivity index (χ2n) is 8.30. The van der Waals surface area contributed by atoms with E-state index >= 15 is 0 Å². The van der Waals surface area contributed by atoms with Gasteiger partial charge in [0.2, 0.25) is 5.91 Å². The maximum Gasteiger partial charge on any atom is 0.330 e. The summed E-state index contributed by atoms with van der Waals surface area (Å²) in [5.41, 5.74) is 2.57. The molecule has 152 valence electrons. The Morgan fingerprint density at radius 3 is 2.72 bits per heavy atom. The van der Waals surface area contributed by atoms with E-state index in [9.17, 15) is 9.59 Å². The average Bonchev–Trinajstić information content (AvgIpc) is 3.00. The molecule has 4 rings (SSSR count). The van der Waals surface area contributed by atoms with Gasteiger partial charge in [-0.2, -0.15) is 0 Å². The number of carbonyl (C=O) groups is 1. The minimum absolute atomic E-state index is 0.0400. The normalized spacial score (nSPS) is 17.2. The third kappa shape index (κ3) is 3.97. The minimum atomic E-state index is -0.0503. The lowest BCUT2D eigenvalue weighted by atomic mass is 10.0. The standard InChI is InChI=1S/C23H28N4O2/c1-17(2)14-21(28)25-13-7-10-19(16-25)27-22-20(11-6-12-24-22)26(23(27)29)15-18-8-4-3-5-9-18/h3-6,8-9,11-12,17,19H,7,10,13-16H2,1-2H3/t19-/m0/s1. The molecule has 1 saturated heterocycles. The highest BCUT2D eigenvalue weighted by Gasteiger charge is 2.28. The molecule has 1 aliphatic heterocycles. The van der Waals surface area contributed by atoms with E-state index in [-0.39, 0.29) is 17.6 Å². The highest BCUT2D eigenvalue weighted by molar-refractivity contribution is 5.76. The zero-order valence-corrected chi connectivity index (χ0v) is 17.1. The van der Waals surface area contributed by atoms with Crippen molar-refractivity contribution in [3.05, 3.63) is 64.7 Å². The Morgan fingerprint density at radius 1 is 1.17 bits per heavy atom.